The van der Waals surface area contributed by atoms with Gasteiger partial charge in [-0.15, -0.1) is 0 Å². The van der Waals surface area contributed by atoms with E-state index in [1.165, 1.54) is 11.3 Å². The molecule has 1 fully saturated rings. The van der Waals surface area contributed by atoms with Crippen molar-refractivity contribution < 1.29 is 14.4 Å². The van der Waals surface area contributed by atoms with Gasteiger partial charge in [-0.1, -0.05) is 19.1 Å². The van der Waals surface area contributed by atoms with Crippen LogP contribution < -0.4 is 10.2 Å². The van der Waals surface area contributed by atoms with Gasteiger partial charge in [0.25, 0.3) is 11.1 Å². The van der Waals surface area contributed by atoms with Gasteiger partial charge in [-0.25, -0.2) is 0 Å². The van der Waals surface area contributed by atoms with Crippen LogP contribution in [-0.4, -0.2) is 41.1 Å². The zero-order valence-electron chi connectivity index (χ0n) is 20.6. The van der Waals surface area contributed by atoms with Gasteiger partial charge in [0.1, 0.15) is 6.54 Å². The molecule has 2 aromatic rings. The molecule has 34 heavy (non-hydrogen) atoms. The molecule has 7 heteroatoms. The number of benzene rings is 2. The Morgan fingerprint density at radius 3 is 2.59 bits per heavy atom. The van der Waals surface area contributed by atoms with E-state index in [0.717, 1.165) is 39.8 Å². The molecule has 6 nitrogen and oxygen atoms in total. The van der Waals surface area contributed by atoms with E-state index in [2.05, 4.69) is 50.2 Å². The summed E-state index contributed by atoms with van der Waals surface area (Å²) >= 11 is 0.876. The molecule has 0 aliphatic carbocycles. The Kier molecular flexibility index (Phi) is 6.34. The van der Waals surface area contributed by atoms with Crippen molar-refractivity contribution in [3.63, 3.8) is 0 Å². The summed E-state index contributed by atoms with van der Waals surface area (Å²) in [5.41, 5.74) is 6.21. The third kappa shape index (κ3) is 4.62. The van der Waals surface area contributed by atoms with Gasteiger partial charge in [-0.3, -0.25) is 19.3 Å². The first-order valence-electron chi connectivity index (χ1n) is 11.5. The lowest BCUT2D eigenvalue weighted by Gasteiger charge is -2.45. The molecule has 0 radical (unpaired) electrons. The fourth-order valence-electron chi connectivity index (χ4n) is 4.64. The third-order valence-electron chi connectivity index (χ3n) is 6.92. The van der Waals surface area contributed by atoms with Crippen LogP contribution in [0.5, 0.6) is 0 Å². The number of anilines is 2. The Bertz CT molecular complexity index is 1220. The van der Waals surface area contributed by atoms with E-state index >= 15 is 0 Å². The summed E-state index contributed by atoms with van der Waals surface area (Å²) in [6.45, 7) is 10.4. The lowest BCUT2D eigenvalue weighted by Crippen LogP contribution is -2.45. The number of imide groups is 1. The number of carbonyl (C=O) groups is 3. The van der Waals surface area contributed by atoms with Gasteiger partial charge in [-0.2, -0.15) is 0 Å². The topological polar surface area (TPSA) is 69.7 Å². The molecule has 2 aliphatic heterocycles. The van der Waals surface area contributed by atoms with Gasteiger partial charge in [0.2, 0.25) is 5.91 Å². The van der Waals surface area contributed by atoms with Crippen LogP contribution in [0.2, 0.25) is 0 Å². The number of thioether (sulfide) groups is 1. The van der Waals surface area contributed by atoms with E-state index in [9.17, 15) is 14.4 Å². The van der Waals surface area contributed by atoms with Gasteiger partial charge < -0.3 is 10.2 Å². The Morgan fingerprint density at radius 1 is 1.15 bits per heavy atom. The SMILES string of the molecule is Cc1ccc(NC(=O)CN2C(=O)S/C(=C\c3ccc4c(c3)C(C)CC(C)(C)N4C)C2=O)cc1C. The van der Waals surface area contributed by atoms with Crippen molar-refractivity contribution in [2.45, 2.75) is 52.5 Å². The summed E-state index contributed by atoms with van der Waals surface area (Å²) in [5, 5.41) is 2.34. The normalized spacial score (nSPS) is 20.6. The van der Waals surface area contributed by atoms with E-state index in [4.69, 9.17) is 0 Å². The summed E-state index contributed by atoms with van der Waals surface area (Å²) in [4.78, 5) is 41.6. The summed E-state index contributed by atoms with van der Waals surface area (Å²) in [7, 11) is 2.11. The highest BCUT2D eigenvalue weighted by Gasteiger charge is 2.37. The maximum absolute atomic E-state index is 12.9. The van der Waals surface area contributed by atoms with E-state index in [-0.39, 0.29) is 12.1 Å². The predicted molar refractivity (Wildman–Crippen MR) is 139 cm³/mol. The van der Waals surface area contributed by atoms with Crippen LogP contribution >= 0.6 is 11.8 Å². The molecule has 1 atom stereocenters. The van der Waals surface area contributed by atoms with Crippen molar-refractivity contribution in [3.8, 4) is 0 Å². The van der Waals surface area contributed by atoms with Gasteiger partial charge in [0, 0.05) is 24.0 Å². The van der Waals surface area contributed by atoms with Gasteiger partial charge in [0.15, 0.2) is 0 Å². The smallest absolute Gasteiger partial charge is 0.294 e. The first-order valence-corrected chi connectivity index (χ1v) is 12.3. The quantitative estimate of drug-likeness (QED) is 0.572. The average Bonchev–Trinajstić information content (AvgIpc) is 3.02. The van der Waals surface area contributed by atoms with Crippen molar-refractivity contribution in [1.82, 2.24) is 4.90 Å². The van der Waals surface area contributed by atoms with Crippen molar-refractivity contribution >= 4 is 46.3 Å². The highest BCUT2D eigenvalue weighted by Crippen LogP contribution is 2.43. The highest BCUT2D eigenvalue weighted by molar-refractivity contribution is 8.18. The number of nitrogens with zero attached hydrogens (tertiary/aromatic N) is 2. The number of nitrogens with one attached hydrogen (secondary N) is 1. The lowest BCUT2D eigenvalue weighted by atomic mass is 9.80. The minimum atomic E-state index is -0.436. The van der Waals surface area contributed by atoms with Crippen LogP contribution in [-0.2, 0) is 9.59 Å². The Labute approximate surface area is 205 Å². The predicted octanol–water partition coefficient (Wildman–Crippen LogP) is 5.70. The molecule has 0 saturated carbocycles. The minimum Gasteiger partial charge on any atom is -0.369 e. The number of carbonyl (C=O) groups excluding carboxylic acids is 3. The second-order valence-corrected chi connectivity index (χ2v) is 10.9. The molecule has 1 unspecified atom stereocenters. The maximum atomic E-state index is 12.9. The zero-order valence-corrected chi connectivity index (χ0v) is 21.4. The second-order valence-electron chi connectivity index (χ2n) is 9.91. The highest BCUT2D eigenvalue weighted by atomic mass is 32.2. The van der Waals surface area contributed by atoms with Crippen LogP contribution in [0.4, 0.5) is 16.2 Å². The van der Waals surface area contributed by atoms with Crippen LogP contribution in [0.3, 0.4) is 0 Å². The molecule has 0 bridgehead atoms. The standard InChI is InChI=1S/C27H31N3O3S/c1-16-7-9-20(11-17(16)2)28-24(31)15-30-25(32)23(34-26(30)33)13-19-8-10-22-21(12-19)18(3)14-27(4,5)29(22)6/h7-13,18H,14-15H2,1-6H3,(H,28,31)/b23-13-. The number of hydrogen-bond donors (Lipinski definition) is 1. The number of aryl methyl sites for hydroxylation is 2. The number of amides is 3. The van der Waals surface area contributed by atoms with Crippen LogP contribution in [0.15, 0.2) is 41.3 Å². The van der Waals surface area contributed by atoms with Gasteiger partial charge in [-0.05, 0) is 104 Å². The second kappa shape index (κ2) is 8.95. The largest absolute Gasteiger partial charge is 0.369 e. The molecule has 2 aromatic carbocycles. The van der Waals surface area contributed by atoms with Crippen LogP contribution in [0, 0.1) is 13.8 Å². The molecular weight excluding hydrogens is 446 g/mol. The number of hydrogen-bond acceptors (Lipinski definition) is 5. The molecule has 0 spiro atoms. The molecular formula is C27H31N3O3S. The fourth-order valence-corrected chi connectivity index (χ4v) is 5.47. The summed E-state index contributed by atoms with van der Waals surface area (Å²) in [6.07, 6.45) is 2.78. The first kappa shape index (κ1) is 24.1. The van der Waals surface area contributed by atoms with E-state index in [0.29, 0.717) is 16.5 Å². The van der Waals surface area contributed by atoms with Crippen molar-refractivity contribution in [2.24, 2.45) is 0 Å². The Morgan fingerprint density at radius 2 is 1.88 bits per heavy atom. The van der Waals surface area contributed by atoms with Crippen molar-refractivity contribution in [2.75, 3.05) is 23.8 Å². The molecule has 3 amide bonds. The first-order chi connectivity index (χ1) is 16.0. The van der Waals surface area contributed by atoms with Crippen LogP contribution in [0.25, 0.3) is 6.08 Å². The monoisotopic (exact) mass is 477 g/mol. The molecule has 178 valence electrons. The van der Waals surface area contributed by atoms with E-state index in [1.54, 1.807) is 6.08 Å². The molecule has 2 aliphatic rings. The fraction of sp³-hybridized carbons (Fsp3) is 0.370. The molecule has 1 N–H and O–H groups in total. The van der Waals surface area contributed by atoms with Crippen molar-refractivity contribution in [1.29, 1.82) is 0 Å². The van der Waals surface area contributed by atoms with E-state index in [1.807, 2.05) is 38.1 Å². The molecule has 0 aromatic heterocycles. The zero-order chi connectivity index (χ0) is 24.8. The summed E-state index contributed by atoms with van der Waals surface area (Å²) in [6, 6.07) is 11.8. The minimum absolute atomic E-state index is 0.0778. The average molecular weight is 478 g/mol. The van der Waals surface area contributed by atoms with E-state index < -0.39 is 17.1 Å². The molecule has 4 rings (SSSR count). The lowest BCUT2D eigenvalue weighted by molar-refractivity contribution is -0.127. The third-order valence-corrected chi connectivity index (χ3v) is 7.83. The van der Waals surface area contributed by atoms with Gasteiger partial charge in [0.05, 0.1) is 4.91 Å². The van der Waals surface area contributed by atoms with Crippen LogP contribution in [0.1, 0.15) is 55.4 Å². The summed E-state index contributed by atoms with van der Waals surface area (Å²) in [5.74, 6) is -0.451. The number of rotatable bonds is 4. The Hall–Kier alpha value is -3.06. The molecule has 2 heterocycles. The number of fused-ring (bicyclic) bond motifs is 1. The molecule has 1 saturated heterocycles. The van der Waals surface area contributed by atoms with Crippen molar-refractivity contribution in [3.05, 3.63) is 63.6 Å². The Balaban J connectivity index is 1.49. The van der Waals surface area contributed by atoms with Gasteiger partial charge >= 0.3 is 0 Å². The maximum Gasteiger partial charge on any atom is 0.294 e. The summed E-state index contributed by atoms with van der Waals surface area (Å²) < 4.78 is 0.